The van der Waals surface area contributed by atoms with Crippen molar-refractivity contribution in [2.75, 3.05) is 16.0 Å². The van der Waals surface area contributed by atoms with E-state index in [4.69, 9.17) is 0 Å². The lowest BCUT2D eigenvalue weighted by molar-refractivity contribution is -0.114. The van der Waals surface area contributed by atoms with Crippen LogP contribution in [0.4, 0.5) is 17.1 Å². The van der Waals surface area contributed by atoms with Crippen LogP contribution in [0, 0.1) is 6.92 Å². The Balaban J connectivity index is 1.68. The molecule has 29 heavy (non-hydrogen) atoms. The Labute approximate surface area is 168 Å². The number of rotatable bonds is 5. The van der Waals surface area contributed by atoms with Crippen molar-refractivity contribution in [2.24, 2.45) is 0 Å². The molecule has 3 aromatic rings. The zero-order valence-corrected chi connectivity index (χ0v) is 16.0. The van der Waals surface area contributed by atoms with Gasteiger partial charge in [-0.05, 0) is 55.5 Å². The van der Waals surface area contributed by atoms with Crippen molar-refractivity contribution in [1.82, 2.24) is 4.98 Å². The van der Waals surface area contributed by atoms with E-state index in [1.54, 1.807) is 48.5 Å². The number of aryl methyl sites for hydroxylation is 1. The molecule has 146 valence electrons. The van der Waals surface area contributed by atoms with Crippen LogP contribution in [0.3, 0.4) is 0 Å². The quantitative estimate of drug-likeness (QED) is 0.618. The number of amides is 3. The maximum atomic E-state index is 12.5. The fourth-order valence-electron chi connectivity index (χ4n) is 2.55. The van der Waals surface area contributed by atoms with Crippen molar-refractivity contribution in [2.45, 2.75) is 13.8 Å². The second-order valence-corrected chi connectivity index (χ2v) is 6.44. The van der Waals surface area contributed by atoms with Crippen LogP contribution in [0.15, 0.2) is 66.7 Å². The molecule has 0 saturated heterocycles. The molecule has 2 aromatic carbocycles. The predicted molar refractivity (Wildman–Crippen MR) is 112 cm³/mol. The summed E-state index contributed by atoms with van der Waals surface area (Å²) in [4.78, 5) is 40.1. The molecule has 3 rings (SSSR count). The molecular formula is C22H20N4O3. The van der Waals surface area contributed by atoms with E-state index in [0.29, 0.717) is 17.1 Å². The van der Waals surface area contributed by atoms with Crippen LogP contribution in [-0.2, 0) is 4.79 Å². The number of carbonyl (C=O) groups is 3. The van der Waals surface area contributed by atoms with Gasteiger partial charge in [0.2, 0.25) is 5.91 Å². The Bertz CT molecular complexity index is 1040. The third-order valence-corrected chi connectivity index (χ3v) is 3.99. The van der Waals surface area contributed by atoms with Gasteiger partial charge in [-0.2, -0.15) is 0 Å². The standard InChI is InChI=1S/C22H20N4O3/c1-14-6-8-17(9-7-14)24-21(28)19-4-3-5-20(26-19)22(29)25-18-12-10-16(11-13-18)23-15(2)27/h3-13H,1-2H3,(H,23,27)(H,24,28)(H,25,29). The number of carbonyl (C=O) groups excluding carboxylic acids is 3. The highest BCUT2D eigenvalue weighted by atomic mass is 16.2. The Morgan fingerprint density at radius 3 is 1.52 bits per heavy atom. The molecule has 1 aromatic heterocycles. The van der Waals surface area contributed by atoms with E-state index in [2.05, 4.69) is 20.9 Å². The molecule has 1 heterocycles. The van der Waals surface area contributed by atoms with E-state index in [9.17, 15) is 14.4 Å². The van der Waals surface area contributed by atoms with Crippen molar-refractivity contribution in [1.29, 1.82) is 0 Å². The van der Waals surface area contributed by atoms with Crippen molar-refractivity contribution < 1.29 is 14.4 Å². The average Bonchev–Trinajstić information content (AvgIpc) is 2.71. The fraction of sp³-hybridized carbons (Fsp3) is 0.0909. The highest BCUT2D eigenvalue weighted by Crippen LogP contribution is 2.15. The molecule has 0 aliphatic carbocycles. The van der Waals surface area contributed by atoms with Gasteiger partial charge in [0.15, 0.2) is 0 Å². The van der Waals surface area contributed by atoms with Crippen LogP contribution >= 0.6 is 0 Å². The van der Waals surface area contributed by atoms with E-state index in [0.717, 1.165) is 5.56 Å². The summed E-state index contributed by atoms with van der Waals surface area (Å²) in [7, 11) is 0. The second kappa shape index (κ2) is 8.79. The van der Waals surface area contributed by atoms with Crippen molar-refractivity contribution >= 4 is 34.8 Å². The molecule has 7 heteroatoms. The van der Waals surface area contributed by atoms with Gasteiger partial charge in [0, 0.05) is 24.0 Å². The van der Waals surface area contributed by atoms with Crippen LogP contribution in [-0.4, -0.2) is 22.7 Å². The smallest absolute Gasteiger partial charge is 0.274 e. The number of nitrogens with one attached hydrogen (secondary N) is 3. The molecule has 0 unspecified atom stereocenters. The SMILES string of the molecule is CC(=O)Nc1ccc(NC(=O)c2cccc(C(=O)Nc3ccc(C)cc3)n2)cc1. The number of nitrogens with zero attached hydrogens (tertiary/aromatic N) is 1. The zero-order chi connectivity index (χ0) is 20.8. The van der Waals surface area contributed by atoms with E-state index in [1.165, 1.54) is 13.0 Å². The lowest BCUT2D eigenvalue weighted by Gasteiger charge is -2.08. The first kappa shape index (κ1) is 19.8. The summed E-state index contributed by atoms with van der Waals surface area (Å²) in [5, 5.41) is 8.12. The molecule has 7 nitrogen and oxygen atoms in total. The van der Waals surface area contributed by atoms with Crippen molar-refractivity contribution in [3.8, 4) is 0 Å². The normalized spacial score (nSPS) is 10.1. The average molecular weight is 388 g/mol. The van der Waals surface area contributed by atoms with E-state index in [1.807, 2.05) is 19.1 Å². The minimum atomic E-state index is -0.442. The van der Waals surface area contributed by atoms with E-state index < -0.39 is 11.8 Å². The summed E-state index contributed by atoms with van der Waals surface area (Å²) in [6, 6.07) is 18.7. The molecule has 0 aliphatic rings. The minimum absolute atomic E-state index is 0.118. The van der Waals surface area contributed by atoms with Crippen molar-refractivity contribution in [3.63, 3.8) is 0 Å². The topological polar surface area (TPSA) is 100 Å². The lowest BCUT2D eigenvalue weighted by Crippen LogP contribution is -2.18. The summed E-state index contributed by atoms with van der Waals surface area (Å²) in [6.45, 7) is 3.38. The monoisotopic (exact) mass is 388 g/mol. The molecule has 0 bridgehead atoms. The highest BCUT2D eigenvalue weighted by Gasteiger charge is 2.13. The second-order valence-electron chi connectivity index (χ2n) is 6.44. The van der Waals surface area contributed by atoms with Gasteiger partial charge in [-0.1, -0.05) is 23.8 Å². The summed E-state index contributed by atoms with van der Waals surface area (Å²) >= 11 is 0. The molecule has 3 amide bonds. The van der Waals surface area contributed by atoms with Gasteiger partial charge < -0.3 is 16.0 Å². The fourth-order valence-corrected chi connectivity index (χ4v) is 2.55. The first-order valence-electron chi connectivity index (χ1n) is 8.95. The van der Waals surface area contributed by atoms with Crippen LogP contribution in [0.2, 0.25) is 0 Å². The van der Waals surface area contributed by atoms with Gasteiger partial charge in [-0.25, -0.2) is 4.98 Å². The molecule has 0 radical (unpaired) electrons. The third-order valence-electron chi connectivity index (χ3n) is 3.99. The largest absolute Gasteiger partial charge is 0.326 e. The maximum absolute atomic E-state index is 12.5. The first-order valence-corrected chi connectivity index (χ1v) is 8.95. The summed E-state index contributed by atoms with van der Waals surface area (Å²) in [6.07, 6.45) is 0. The van der Waals surface area contributed by atoms with Crippen LogP contribution in [0.5, 0.6) is 0 Å². The molecule has 0 spiro atoms. The maximum Gasteiger partial charge on any atom is 0.274 e. The summed E-state index contributed by atoms with van der Waals surface area (Å²) in [5.41, 5.74) is 3.16. The number of hydrogen-bond acceptors (Lipinski definition) is 4. The van der Waals surface area contributed by atoms with Gasteiger partial charge >= 0.3 is 0 Å². The zero-order valence-electron chi connectivity index (χ0n) is 16.0. The van der Waals surface area contributed by atoms with E-state index in [-0.39, 0.29) is 17.3 Å². The van der Waals surface area contributed by atoms with Gasteiger partial charge in [-0.3, -0.25) is 14.4 Å². The van der Waals surface area contributed by atoms with Gasteiger partial charge in [0.25, 0.3) is 11.8 Å². The van der Waals surface area contributed by atoms with Crippen LogP contribution in [0.25, 0.3) is 0 Å². The van der Waals surface area contributed by atoms with Gasteiger partial charge in [0.05, 0.1) is 0 Å². The molecule has 3 N–H and O–H groups in total. The predicted octanol–water partition coefficient (Wildman–Crippen LogP) is 3.85. The third kappa shape index (κ3) is 5.49. The minimum Gasteiger partial charge on any atom is -0.326 e. The Morgan fingerprint density at radius 2 is 1.07 bits per heavy atom. The van der Waals surface area contributed by atoms with Crippen LogP contribution < -0.4 is 16.0 Å². The molecule has 0 fully saturated rings. The number of pyridine rings is 1. The Morgan fingerprint density at radius 1 is 0.655 bits per heavy atom. The van der Waals surface area contributed by atoms with E-state index >= 15 is 0 Å². The molecular weight excluding hydrogens is 368 g/mol. The van der Waals surface area contributed by atoms with Crippen LogP contribution in [0.1, 0.15) is 33.5 Å². The highest BCUT2D eigenvalue weighted by molar-refractivity contribution is 6.06. The molecule has 0 aliphatic heterocycles. The molecule has 0 atom stereocenters. The number of aromatic nitrogens is 1. The number of hydrogen-bond donors (Lipinski definition) is 3. The van der Waals surface area contributed by atoms with Crippen molar-refractivity contribution in [3.05, 3.63) is 83.7 Å². The van der Waals surface area contributed by atoms with Gasteiger partial charge in [-0.15, -0.1) is 0 Å². The van der Waals surface area contributed by atoms with Gasteiger partial charge in [0.1, 0.15) is 11.4 Å². The Hall–Kier alpha value is -4.00. The number of benzene rings is 2. The Kier molecular flexibility index (Phi) is 5.99. The summed E-state index contributed by atoms with van der Waals surface area (Å²) in [5.74, 6) is -1.02. The lowest BCUT2D eigenvalue weighted by atomic mass is 10.2. The summed E-state index contributed by atoms with van der Waals surface area (Å²) < 4.78 is 0. The first-order chi connectivity index (χ1) is 13.9. The molecule has 0 saturated carbocycles. The number of anilines is 3.